The van der Waals surface area contributed by atoms with Crippen LogP contribution in [0.2, 0.25) is 0 Å². The van der Waals surface area contributed by atoms with Gasteiger partial charge in [0.2, 0.25) is 0 Å². The number of hydrogen-bond donors (Lipinski definition) is 3. The number of benzene rings is 1. The number of nitrogens with two attached hydrogens (primary N) is 1. The minimum atomic E-state index is 0.446. The first-order valence-corrected chi connectivity index (χ1v) is 11.6. The maximum atomic E-state index is 6.30. The van der Waals surface area contributed by atoms with Gasteiger partial charge in [-0.05, 0) is 50.2 Å². The summed E-state index contributed by atoms with van der Waals surface area (Å²) in [7, 11) is 0. The van der Waals surface area contributed by atoms with Crippen LogP contribution in [0.1, 0.15) is 18.9 Å². The number of nitrogens with one attached hydrogen (secondary N) is 2. The molecule has 0 amide bonds. The molecule has 0 bridgehead atoms. The first kappa shape index (κ1) is 19.2. The van der Waals surface area contributed by atoms with Crippen molar-refractivity contribution in [1.82, 2.24) is 30.0 Å². The van der Waals surface area contributed by atoms with Crippen LogP contribution in [0.5, 0.6) is 0 Å². The molecule has 0 unspecified atom stereocenters. The van der Waals surface area contributed by atoms with Crippen LogP contribution < -0.4 is 11.1 Å². The van der Waals surface area contributed by atoms with E-state index in [2.05, 4.69) is 49.5 Å². The second-order valence-corrected chi connectivity index (χ2v) is 9.10. The maximum Gasteiger partial charge on any atom is 0.133 e. The number of aromatic nitrogens is 5. The second kappa shape index (κ2) is 7.89. The molecule has 0 radical (unpaired) electrons. The molecule has 1 aliphatic rings. The molecular weight excluding hydrogens is 418 g/mol. The van der Waals surface area contributed by atoms with Gasteiger partial charge >= 0.3 is 0 Å². The van der Waals surface area contributed by atoms with E-state index in [4.69, 9.17) is 10.7 Å². The van der Waals surface area contributed by atoms with Crippen LogP contribution in [0.25, 0.3) is 43.2 Å². The molecule has 0 saturated carbocycles. The summed E-state index contributed by atoms with van der Waals surface area (Å²) in [5.41, 5.74) is 12.4. The molecule has 0 spiro atoms. The average molecular weight is 442 g/mol. The Morgan fingerprint density at radius 3 is 2.78 bits per heavy atom. The van der Waals surface area contributed by atoms with Gasteiger partial charge in [0.05, 0.1) is 28.0 Å². The molecule has 8 heteroatoms. The third-order valence-corrected chi connectivity index (χ3v) is 7.21. The Kier molecular flexibility index (Phi) is 4.74. The van der Waals surface area contributed by atoms with Gasteiger partial charge in [0, 0.05) is 41.0 Å². The smallest absolute Gasteiger partial charge is 0.133 e. The van der Waals surface area contributed by atoms with E-state index in [0.717, 1.165) is 69.1 Å². The van der Waals surface area contributed by atoms with E-state index in [1.54, 1.807) is 11.3 Å². The number of H-pyrrole nitrogens is 1. The minimum absolute atomic E-state index is 0.446. The summed E-state index contributed by atoms with van der Waals surface area (Å²) < 4.78 is 3.22. The molecule has 4 N–H and O–H groups in total. The summed E-state index contributed by atoms with van der Waals surface area (Å²) >= 11 is 1.64. The van der Waals surface area contributed by atoms with Crippen molar-refractivity contribution in [3.05, 3.63) is 61.2 Å². The maximum absolute atomic E-state index is 6.30. The monoisotopic (exact) mass is 441 g/mol. The number of thiazole rings is 1. The largest absolute Gasteiger partial charge is 0.383 e. The topological polar surface area (TPSA) is 97.4 Å². The van der Waals surface area contributed by atoms with E-state index in [9.17, 15) is 0 Å². The van der Waals surface area contributed by atoms with E-state index in [-0.39, 0.29) is 0 Å². The number of pyridine rings is 1. The summed E-state index contributed by atoms with van der Waals surface area (Å²) in [6.45, 7) is 2.07. The molecule has 4 aromatic heterocycles. The lowest BCUT2D eigenvalue weighted by Gasteiger charge is -2.22. The zero-order valence-electron chi connectivity index (χ0n) is 17.5. The quantitative estimate of drug-likeness (QED) is 0.375. The molecule has 0 aliphatic carbocycles. The molecule has 1 fully saturated rings. The van der Waals surface area contributed by atoms with Gasteiger partial charge in [0.15, 0.2) is 0 Å². The first-order chi connectivity index (χ1) is 15.8. The van der Waals surface area contributed by atoms with Crippen molar-refractivity contribution < 1.29 is 0 Å². The van der Waals surface area contributed by atoms with E-state index < -0.39 is 0 Å². The summed E-state index contributed by atoms with van der Waals surface area (Å²) in [4.78, 5) is 12.7. The van der Waals surface area contributed by atoms with E-state index in [0.29, 0.717) is 11.9 Å². The van der Waals surface area contributed by atoms with Crippen molar-refractivity contribution in [3.63, 3.8) is 0 Å². The number of anilines is 1. The highest BCUT2D eigenvalue weighted by Crippen LogP contribution is 2.39. The van der Waals surface area contributed by atoms with Crippen LogP contribution in [0, 0.1) is 0 Å². The number of nitrogens with zero attached hydrogens (tertiary/aromatic N) is 4. The molecule has 5 aromatic rings. The van der Waals surface area contributed by atoms with Gasteiger partial charge in [0.25, 0.3) is 0 Å². The Morgan fingerprint density at radius 1 is 1.03 bits per heavy atom. The second-order valence-electron chi connectivity index (χ2n) is 8.10. The van der Waals surface area contributed by atoms with Crippen LogP contribution in [0.15, 0.2) is 61.2 Å². The van der Waals surface area contributed by atoms with Crippen LogP contribution >= 0.6 is 11.3 Å². The summed E-state index contributed by atoms with van der Waals surface area (Å²) in [6.07, 6.45) is 9.99. The van der Waals surface area contributed by atoms with Crippen LogP contribution in [0.4, 0.5) is 5.82 Å². The zero-order chi connectivity index (χ0) is 21.5. The van der Waals surface area contributed by atoms with Crippen LogP contribution in [-0.2, 0) is 0 Å². The zero-order valence-corrected chi connectivity index (χ0v) is 18.3. The van der Waals surface area contributed by atoms with Crippen molar-refractivity contribution in [2.24, 2.45) is 0 Å². The van der Waals surface area contributed by atoms with E-state index in [1.165, 1.54) is 0 Å². The van der Waals surface area contributed by atoms with Gasteiger partial charge in [0.1, 0.15) is 10.8 Å². The number of hydrogen-bond acceptors (Lipinski definition) is 6. The third-order valence-electron chi connectivity index (χ3n) is 6.07. The van der Waals surface area contributed by atoms with Gasteiger partial charge < -0.3 is 16.0 Å². The number of piperidine rings is 1. The van der Waals surface area contributed by atoms with Crippen molar-refractivity contribution in [2.75, 3.05) is 18.8 Å². The average Bonchev–Trinajstić information content (AvgIpc) is 3.60. The molecule has 6 rings (SSSR count). The molecule has 7 nitrogen and oxygen atoms in total. The summed E-state index contributed by atoms with van der Waals surface area (Å²) in [5.74, 6) is 0.486. The number of nitrogen functional groups attached to an aromatic ring is 1. The van der Waals surface area contributed by atoms with Crippen LogP contribution in [-0.4, -0.2) is 37.8 Å². The molecule has 160 valence electrons. The SMILES string of the molecule is Nc1ncc(-c2cnn(C3CCNCC3)c2)cc1-c1nc2cccc(-c3ccc[nH]3)c2s1. The highest BCUT2D eigenvalue weighted by molar-refractivity contribution is 7.22. The Bertz CT molecular complexity index is 1380. The molecule has 0 atom stereocenters. The van der Waals surface area contributed by atoms with Gasteiger partial charge in [-0.25, -0.2) is 9.97 Å². The van der Waals surface area contributed by atoms with E-state index in [1.807, 2.05) is 36.8 Å². The van der Waals surface area contributed by atoms with Crippen LogP contribution in [0.3, 0.4) is 0 Å². The highest BCUT2D eigenvalue weighted by atomic mass is 32.1. The molecule has 1 saturated heterocycles. The Labute approximate surface area is 189 Å². The normalized spacial score (nSPS) is 14.9. The van der Waals surface area contributed by atoms with Gasteiger partial charge in [-0.15, -0.1) is 11.3 Å². The van der Waals surface area contributed by atoms with Crippen molar-refractivity contribution in [3.8, 4) is 33.0 Å². The van der Waals surface area contributed by atoms with Crippen molar-refractivity contribution in [1.29, 1.82) is 0 Å². The van der Waals surface area contributed by atoms with Gasteiger partial charge in [-0.3, -0.25) is 4.68 Å². The lowest BCUT2D eigenvalue weighted by Crippen LogP contribution is -2.29. The fourth-order valence-electron chi connectivity index (χ4n) is 4.34. The molecule has 32 heavy (non-hydrogen) atoms. The van der Waals surface area contributed by atoms with Crippen molar-refractivity contribution >= 4 is 27.4 Å². The number of aromatic amines is 1. The number of rotatable bonds is 4. The standard InChI is InChI=1S/C24H23N7S/c25-23-19(24-30-21-4-1-3-18(22(21)32-24)20-5-2-8-27-20)11-15(12-28-23)16-13-29-31(14-16)17-6-9-26-10-7-17/h1-5,8,11-14,17,26-27H,6-7,9-10H2,(H2,25,28). The predicted octanol–water partition coefficient (Wildman–Crippen LogP) is 4.72. The van der Waals surface area contributed by atoms with Gasteiger partial charge in [-0.1, -0.05) is 12.1 Å². The number of fused-ring (bicyclic) bond motifs is 1. The lowest BCUT2D eigenvalue weighted by molar-refractivity contribution is 0.343. The van der Waals surface area contributed by atoms with Crippen molar-refractivity contribution in [2.45, 2.75) is 18.9 Å². The minimum Gasteiger partial charge on any atom is -0.383 e. The predicted molar refractivity (Wildman–Crippen MR) is 129 cm³/mol. The third kappa shape index (κ3) is 3.37. The lowest BCUT2D eigenvalue weighted by atomic mass is 10.1. The Morgan fingerprint density at radius 2 is 1.94 bits per heavy atom. The molecular formula is C24H23N7S. The fraction of sp³-hybridized carbons (Fsp3) is 0.208. The molecule has 1 aliphatic heterocycles. The van der Waals surface area contributed by atoms with E-state index >= 15 is 0 Å². The molecule has 5 heterocycles. The molecule has 1 aromatic carbocycles. The van der Waals surface area contributed by atoms with Gasteiger partial charge in [-0.2, -0.15) is 5.10 Å². The summed E-state index contributed by atoms with van der Waals surface area (Å²) in [5, 5.41) is 8.91. The fourth-order valence-corrected chi connectivity index (χ4v) is 5.45. The Hall–Kier alpha value is -3.49. The Balaban J connectivity index is 1.39. The first-order valence-electron chi connectivity index (χ1n) is 10.8. The summed E-state index contributed by atoms with van der Waals surface area (Å²) in [6, 6.07) is 12.8. The highest BCUT2D eigenvalue weighted by Gasteiger charge is 2.18.